The molecule has 1 saturated carbocycles. The van der Waals surface area contributed by atoms with Gasteiger partial charge in [0, 0.05) is 6.54 Å². The van der Waals surface area contributed by atoms with Gasteiger partial charge in [-0.15, -0.1) is 0 Å². The van der Waals surface area contributed by atoms with Crippen molar-refractivity contribution in [3.05, 3.63) is 0 Å². The maximum absolute atomic E-state index is 12.6. The summed E-state index contributed by atoms with van der Waals surface area (Å²) >= 11 is 0. The minimum atomic E-state index is -0.280. The van der Waals surface area contributed by atoms with E-state index in [1.807, 2.05) is 0 Å². The molecule has 2 rings (SSSR count). The molecule has 0 radical (unpaired) electrons. The van der Waals surface area contributed by atoms with Crippen molar-refractivity contribution >= 4 is 5.91 Å². The third-order valence-electron chi connectivity index (χ3n) is 5.41. The van der Waals surface area contributed by atoms with Gasteiger partial charge < -0.3 is 10.6 Å². The Balaban J connectivity index is 1.93. The molecule has 1 amide bonds. The van der Waals surface area contributed by atoms with E-state index >= 15 is 0 Å². The minimum absolute atomic E-state index is 0.243. The van der Waals surface area contributed by atoms with E-state index in [9.17, 15) is 4.79 Å². The number of carbonyl (C=O) groups is 1. The number of hydrogen-bond donors (Lipinski definition) is 2. The fourth-order valence-corrected chi connectivity index (χ4v) is 4.34. The van der Waals surface area contributed by atoms with Gasteiger partial charge in [-0.3, -0.25) is 4.79 Å². The van der Waals surface area contributed by atoms with Crippen LogP contribution in [-0.4, -0.2) is 24.5 Å². The van der Waals surface area contributed by atoms with Crippen LogP contribution in [0, 0.1) is 11.3 Å². The van der Waals surface area contributed by atoms with Crippen molar-refractivity contribution in [1.29, 1.82) is 0 Å². The number of hydrogen-bond acceptors (Lipinski definition) is 2. The number of rotatable bonds is 6. The molecule has 0 aromatic rings. The van der Waals surface area contributed by atoms with E-state index in [0.717, 1.165) is 38.3 Å². The third kappa shape index (κ3) is 3.36. The molecular formula is C17H32N2O. The first-order chi connectivity index (χ1) is 9.52. The summed E-state index contributed by atoms with van der Waals surface area (Å²) < 4.78 is 0. The average molecular weight is 280 g/mol. The second kappa shape index (κ2) is 6.46. The SMILES string of the molecule is CCC1(C(=O)NCC2(CC(C)C)CCCC2)CCCN1. The highest BCUT2D eigenvalue weighted by atomic mass is 16.2. The van der Waals surface area contributed by atoms with Gasteiger partial charge in [0.15, 0.2) is 0 Å². The molecule has 1 atom stereocenters. The Bertz CT molecular complexity index is 326. The molecule has 0 aromatic heterocycles. The van der Waals surface area contributed by atoms with E-state index in [4.69, 9.17) is 0 Å². The maximum atomic E-state index is 12.6. The molecular weight excluding hydrogens is 248 g/mol. The molecule has 3 heteroatoms. The molecule has 0 spiro atoms. The Morgan fingerprint density at radius 2 is 1.90 bits per heavy atom. The largest absolute Gasteiger partial charge is 0.354 e. The standard InChI is InChI=1S/C17H32N2O/c1-4-17(10-7-11-19-17)15(20)18-13-16(12-14(2)3)8-5-6-9-16/h14,19H,4-13H2,1-3H3,(H,18,20). The fraction of sp³-hybridized carbons (Fsp3) is 0.941. The van der Waals surface area contributed by atoms with Crippen molar-refractivity contribution in [2.75, 3.05) is 13.1 Å². The molecule has 1 aliphatic heterocycles. The molecule has 1 saturated heterocycles. The summed E-state index contributed by atoms with van der Waals surface area (Å²) in [6.07, 6.45) is 9.51. The molecule has 2 N–H and O–H groups in total. The Hall–Kier alpha value is -0.570. The van der Waals surface area contributed by atoms with Crippen molar-refractivity contribution in [3.63, 3.8) is 0 Å². The van der Waals surface area contributed by atoms with Crippen molar-refractivity contribution in [3.8, 4) is 0 Å². The molecule has 2 fully saturated rings. The summed E-state index contributed by atoms with van der Waals surface area (Å²) in [7, 11) is 0. The summed E-state index contributed by atoms with van der Waals surface area (Å²) in [4.78, 5) is 12.6. The van der Waals surface area contributed by atoms with Crippen LogP contribution in [0.1, 0.15) is 72.1 Å². The summed E-state index contributed by atoms with van der Waals surface area (Å²) in [6.45, 7) is 8.59. The van der Waals surface area contributed by atoms with Crippen molar-refractivity contribution in [2.24, 2.45) is 11.3 Å². The molecule has 20 heavy (non-hydrogen) atoms. The first-order valence-electron chi connectivity index (χ1n) is 8.55. The molecule has 1 heterocycles. The third-order valence-corrected chi connectivity index (χ3v) is 5.41. The van der Waals surface area contributed by atoms with Gasteiger partial charge in [-0.25, -0.2) is 0 Å². The Labute approximate surface area is 124 Å². The lowest BCUT2D eigenvalue weighted by Crippen LogP contribution is -2.54. The summed E-state index contributed by atoms with van der Waals surface area (Å²) in [5, 5.41) is 6.74. The molecule has 116 valence electrons. The predicted molar refractivity (Wildman–Crippen MR) is 83.6 cm³/mol. The Morgan fingerprint density at radius 3 is 2.40 bits per heavy atom. The first kappa shape index (κ1) is 15.8. The molecule has 1 unspecified atom stereocenters. The van der Waals surface area contributed by atoms with Crippen LogP contribution >= 0.6 is 0 Å². The van der Waals surface area contributed by atoms with E-state index in [2.05, 4.69) is 31.4 Å². The lowest BCUT2D eigenvalue weighted by atomic mass is 9.78. The first-order valence-corrected chi connectivity index (χ1v) is 8.55. The van der Waals surface area contributed by atoms with E-state index in [-0.39, 0.29) is 11.4 Å². The molecule has 0 aromatic carbocycles. The highest BCUT2D eigenvalue weighted by Gasteiger charge is 2.41. The zero-order valence-corrected chi connectivity index (χ0v) is 13.6. The average Bonchev–Trinajstić information content (AvgIpc) is 3.05. The van der Waals surface area contributed by atoms with E-state index < -0.39 is 0 Å². The van der Waals surface area contributed by atoms with Crippen LogP contribution in [-0.2, 0) is 4.79 Å². The minimum Gasteiger partial charge on any atom is -0.354 e. The van der Waals surface area contributed by atoms with Crippen LogP contribution in [0.5, 0.6) is 0 Å². The highest BCUT2D eigenvalue weighted by Crippen LogP contribution is 2.42. The van der Waals surface area contributed by atoms with E-state index in [0.29, 0.717) is 5.41 Å². The topological polar surface area (TPSA) is 41.1 Å². The van der Waals surface area contributed by atoms with Gasteiger partial charge in [0.1, 0.15) is 0 Å². The van der Waals surface area contributed by atoms with Crippen molar-refractivity contribution in [1.82, 2.24) is 10.6 Å². The molecule has 0 bridgehead atoms. The van der Waals surface area contributed by atoms with Crippen molar-refractivity contribution in [2.45, 2.75) is 77.7 Å². The lowest BCUT2D eigenvalue weighted by Gasteiger charge is -2.34. The highest BCUT2D eigenvalue weighted by molar-refractivity contribution is 5.86. The second-order valence-electron chi connectivity index (χ2n) is 7.45. The van der Waals surface area contributed by atoms with Crippen LogP contribution < -0.4 is 10.6 Å². The molecule has 3 nitrogen and oxygen atoms in total. The van der Waals surface area contributed by atoms with Crippen LogP contribution in [0.25, 0.3) is 0 Å². The monoisotopic (exact) mass is 280 g/mol. The summed E-state index contributed by atoms with van der Waals surface area (Å²) in [5.41, 5.74) is 0.0922. The van der Waals surface area contributed by atoms with Crippen molar-refractivity contribution < 1.29 is 4.79 Å². The van der Waals surface area contributed by atoms with Gasteiger partial charge in [0.2, 0.25) is 5.91 Å². The van der Waals surface area contributed by atoms with Gasteiger partial charge in [0.05, 0.1) is 5.54 Å². The van der Waals surface area contributed by atoms with E-state index in [1.54, 1.807) is 0 Å². The maximum Gasteiger partial charge on any atom is 0.240 e. The van der Waals surface area contributed by atoms with Crippen LogP contribution in [0.4, 0.5) is 0 Å². The summed E-state index contributed by atoms with van der Waals surface area (Å²) in [6, 6.07) is 0. The Kier molecular flexibility index (Phi) is 5.11. The van der Waals surface area contributed by atoms with Gasteiger partial charge in [-0.2, -0.15) is 0 Å². The van der Waals surface area contributed by atoms with Crippen LogP contribution in [0.3, 0.4) is 0 Å². The zero-order chi connectivity index (χ0) is 14.6. The van der Waals surface area contributed by atoms with Crippen LogP contribution in [0.15, 0.2) is 0 Å². The normalized spacial score (nSPS) is 29.0. The molecule has 2 aliphatic rings. The Morgan fingerprint density at radius 1 is 1.20 bits per heavy atom. The predicted octanol–water partition coefficient (Wildman–Crippen LogP) is 3.24. The van der Waals surface area contributed by atoms with Gasteiger partial charge in [0.25, 0.3) is 0 Å². The zero-order valence-electron chi connectivity index (χ0n) is 13.6. The van der Waals surface area contributed by atoms with Gasteiger partial charge >= 0.3 is 0 Å². The number of nitrogens with one attached hydrogen (secondary N) is 2. The van der Waals surface area contributed by atoms with Gasteiger partial charge in [-0.05, 0) is 56.4 Å². The molecule has 1 aliphatic carbocycles. The lowest BCUT2D eigenvalue weighted by molar-refractivity contribution is -0.127. The van der Waals surface area contributed by atoms with Crippen LogP contribution in [0.2, 0.25) is 0 Å². The quantitative estimate of drug-likeness (QED) is 0.784. The fourth-order valence-electron chi connectivity index (χ4n) is 4.34. The smallest absolute Gasteiger partial charge is 0.240 e. The number of carbonyl (C=O) groups excluding carboxylic acids is 1. The number of amides is 1. The van der Waals surface area contributed by atoms with E-state index in [1.165, 1.54) is 32.1 Å². The van der Waals surface area contributed by atoms with Gasteiger partial charge in [-0.1, -0.05) is 33.6 Å². The summed E-state index contributed by atoms with van der Waals surface area (Å²) in [5.74, 6) is 0.960. The second-order valence-corrected chi connectivity index (χ2v) is 7.45.